The molecule has 0 aliphatic carbocycles. The molecular formula is C27H33NO5. The Morgan fingerprint density at radius 2 is 1.85 bits per heavy atom. The van der Waals surface area contributed by atoms with Crippen molar-refractivity contribution in [2.75, 3.05) is 13.7 Å². The maximum absolute atomic E-state index is 13.2. The Kier molecular flexibility index (Phi) is 7.79. The Balaban J connectivity index is 2.15. The molecule has 0 saturated carbocycles. The van der Waals surface area contributed by atoms with E-state index in [9.17, 15) is 14.7 Å². The Hall–Kier alpha value is -3.28. The van der Waals surface area contributed by atoms with Crippen molar-refractivity contribution < 1.29 is 24.2 Å². The molecule has 2 aromatic rings. The van der Waals surface area contributed by atoms with Crippen LogP contribution in [0.25, 0.3) is 5.76 Å². The molecule has 33 heavy (non-hydrogen) atoms. The highest BCUT2D eigenvalue weighted by molar-refractivity contribution is 6.46. The van der Waals surface area contributed by atoms with Crippen LogP contribution in [0.15, 0.2) is 48.0 Å². The predicted molar refractivity (Wildman–Crippen MR) is 128 cm³/mol. The lowest BCUT2D eigenvalue weighted by atomic mass is 9.93. The maximum Gasteiger partial charge on any atom is 0.295 e. The molecule has 0 aromatic heterocycles. The Morgan fingerprint density at radius 3 is 2.48 bits per heavy atom. The number of hydrogen-bond donors (Lipinski definition) is 1. The lowest BCUT2D eigenvalue weighted by Gasteiger charge is -2.26. The molecule has 1 unspecified atom stereocenters. The zero-order chi connectivity index (χ0) is 24.1. The van der Waals surface area contributed by atoms with Crippen molar-refractivity contribution in [1.82, 2.24) is 4.90 Å². The number of unbranched alkanes of at least 4 members (excludes halogenated alkanes) is 2. The van der Waals surface area contributed by atoms with Crippen LogP contribution in [0.5, 0.6) is 11.5 Å². The molecule has 6 heteroatoms. The van der Waals surface area contributed by atoms with Gasteiger partial charge in [-0.25, -0.2) is 0 Å². The monoisotopic (exact) mass is 451 g/mol. The average molecular weight is 452 g/mol. The number of likely N-dealkylation sites (tertiary alicyclic amines) is 1. The number of hydrogen-bond acceptors (Lipinski definition) is 5. The molecule has 1 amide bonds. The van der Waals surface area contributed by atoms with Crippen LogP contribution in [0.2, 0.25) is 0 Å². The summed E-state index contributed by atoms with van der Waals surface area (Å²) in [6.07, 6.45) is 2.71. The van der Waals surface area contributed by atoms with Crippen molar-refractivity contribution >= 4 is 17.4 Å². The first-order valence-corrected chi connectivity index (χ1v) is 11.5. The van der Waals surface area contributed by atoms with Gasteiger partial charge in [-0.15, -0.1) is 0 Å². The van der Waals surface area contributed by atoms with Crippen molar-refractivity contribution in [3.63, 3.8) is 0 Å². The van der Waals surface area contributed by atoms with E-state index in [4.69, 9.17) is 9.47 Å². The van der Waals surface area contributed by atoms with E-state index in [1.807, 2.05) is 45.0 Å². The summed E-state index contributed by atoms with van der Waals surface area (Å²) in [7, 11) is 1.57. The lowest BCUT2D eigenvalue weighted by molar-refractivity contribution is -0.139. The molecule has 1 atom stereocenters. The third kappa shape index (κ3) is 5.21. The average Bonchev–Trinajstić information content (AvgIpc) is 3.03. The molecule has 1 aliphatic rings. The number of aryl methyl sites for hydroxylation is 1. The summed E-state index contributed by atoms with van der Waals surface area (Å²) in [5.74, 6) is -0.119. The third-order valence-corrected chi connectivity index (χ3v) is 5.78. The summed E-state index contributed by atoms with van der Waals surface area (Å²) >= 11 is 0. The fourth-order valence-corrected chi connectivity index (χ4v) is 4.19. The Bertz CT molecular complexity index is 1060. The molecule has 0 spiro atoms. The van der Waals surface area contributed by atoms with Crippen molar-refractivity contribution in [3.05, 3.63) is 64.7 Å². The van der Waals surface area contributed by atoms with Gasteiger partial charge in [0, 0.05) is 12.1 Å². The fraction of sp³-hybridized carbons (Fsp3) is 0.407. The number of nitrogens with zero attached hydrogens (tertiary/aromatic N) is 1. The molecular weight excluding hydrogens is 418 g/mol. The van der Waals surface area contributed by atoms with E-state index in [1.165, 1.54) is 0 Å². The molecule has 1 heterocycles. The van der Waals surface area contributed by atoms with Crippen LogP contribution < -0.4 is 9.47 Å². The molecule has 0 bridgehead atoms. The quantitative estimate of drug-likeness (QED) is 0.239. The van der Waals surface area contributed by atoms with Crippen LogP contribution in [0, 0.1) is 6.92 Å². The number of aliphatic hydroxyl groups is 1. The largest absolute Gasteiger partial charge is 0.507 e. The number of aliphatic hydroxyl groups excluding tert-OH is 1. The van der Waals surface area contributed by atoms with E-state index in [1.54, 1.807) is 30.2 Å². The zero-order valence-electron chi connectivity index (χ0n) is 20.1. The van der Waals surface area contributed by atoms with Crippen LogP contribution in [0.3, 0.4) is 0 Å². The van der Waals surface area contributed by atoms with Gasteiger partial charge in [0.15, 0.2) is 0 Å². The number of methoxy groups -OCH3 is 1. The maximum atomic E-state index is 13.2. The van der Waals surface area contributed by atoms with Crippen LogP contribution in [-0.2, 0) is 9.59 Å². The van der Waals surface area contributed by atoms with E-state index in [0.29, 0.717) is 23.6 Å². The van der Waals surface area contributed by atoms with E-state index >= 15 is 0 Å². The topological polar surface area (TPSA) is 76.1 Å². The molecule has 1 saturated heterocycles. The van der Waals surface area contributed by atoms with Crippen molar-refractivity contribution in [2.45, 2.75) is 59.1 Å². The summed E-state index contributed by atoms with van der Waals surface area (Å²) in [5, 5.41) is 11.3. The Morgan fingerprint density at radius 1 is 1.09 bits per heavy atom. The molecule has 1 aliphatic heterocycles. The molecule has 176 valence electrons. The van der Waals surface area contributed by atoms with Gasteiger partial charge in [0.1, 0.15) is 17.3 Å². The first-order valence-electron chi connectivity index (χ1n) is 11.5. The molecule has 6 nitrogen and oxygen atoms in total. The first kappa shape index (κ1) is 24.4. The van der Waals surface area contributed by atoms with E-state index < -0.39 is 17.7 Å². The first-order chi connectivity index (χ1) is 15.8. The highest BCUT2D eigenvalue weighted by Gasteiger charge is 2.46. The standard InChI is InChI=1S/C27H33NO5/c1-6-7-8-14-28-24(19-10-9-11-21(16-19)33-17(2)3)23(26(30)27(28)31)25(29)22-13-12-20(32-5)15-18(22)4/h9-13,15-17,24,29H,6-8,14H2,1-5H3/b25-23+. The molecule has 3 rings (SSSR count). The van der Waals surface area contributed by atoms with Gasteiger partial charge in [-0.1, -0.05) is 31.9 Å². The van der Waals surface area contributed by atoms with Gasteiger partial charge < -0.3 is 19.5 Å². The third-order valence-electron chi connectivity index (χ3n) is 5.78. The van der Waals surface area contributed by atoms with Crippen LogP contribution >= 0.6 is 0 Å². The summed E-state index contributed by atoms with van der Waals surface area (Å²) in [6, 6.07) is 12.0. The number of Topliss-reactive ketones (excluding diaryl/α,β-unsaturated/α-hetero) is 1. The van der Waals surface area contributed by atoms with E-state index in [2.05, 4.69) is 6.92 Å². The minimum absolute atomic E-state index is 0.0156. The SMILES string of the molecule is CCCCCN1C(=O)C(=O)/C(=C(/O)c2ccc(OC)cc2C)C1c1cccc(OC(C)C)c1. The summed E-state index contributed by atoms with van der Waals surface area (Å²) in [6.45, 7) is 8.24. The van der Waals surface area contributed by atoms with Gasteiger partial charge in [-0.2, -0.15) is 0 Å². The van der Waals surface area contributed by atoms with Crippen molar-refractivity contribution in [3.8, 4) is 11.5 Å². The number of ether oxygens (including phenoxy) is 2. The van der Waals surface area contributed by atoms with Crippen molar-refractivity contribution in [2.24, 2.45) is 0 Å². The highest BCUT2D eigenvalue weighted by Crippen LogP contribution is 2.41. The molecule has 1 fully saturated rings. The van der Waals surface area contributed by atoms with Gasteiger partial charge in [-0.05, 0) is 68.7 Å². The molecule has 2 aromatic carbocycles. The minimum Gasteiger partial charge on any atom is -0.507 e. The normalized spacial score (nSPS) is 17.6. The van der Waals surface area contributed by atoms with E-state index in [0.717, 1.165) is 30.4 Å². The highest BCUT2D eigenvalue weighted by atomic mass is 16.5. The number of ketones is 1. The van der Waals surface area contributed by atoms with Gasteiger partial charge in [0.05, 0.1) is 24.8 Å². The second kappa shape index (κ2) is 10.6. The number of benzene rings is 2. The van der Waals surface area contributed by atoms with Crippen LogP contribution in [-0.4, -0.2) is 41.5 Å². The fourth-order valence-electron chi connectivity index (χ4n) is 4.19. The van der Waals surface area contributed by atoms with Crippen LogP contribution in [0.4, 0.5) is 0 Å². The summed E-state index contributed by atoms with van der Waals surface area (Å²) < 4.78 is 11.1. The van der Waals surface area contributed by atoms with Gasteiger partial charge in [-0.3, -0.25) is 9.59 Å². The van der Waals surface area contributed by atoms with Gasteiger partial charge in [0.25, 0.3) is 11.7 Å². The number of carbonyl (C=O) groups excluding carboxylic acids is 2. The van der Waals surface area contributed by atoms with Gasteiger partial charge >= 0.3 is 0 Å². The minimum atomic E-state index is -0.681. The van der Waals surface area contributed by atoms with E-state index in [-0.39, 0.29) is 17.4 Å². The van der Waals surface area contributed by atoms with Crippen LogP contribution in [0.1, 0.15) is 62.8 Å². The summed E-state index contributed by atoms with van der Waals surface area (Å²) in [5.41, 5.74) is 2.09. The second-order valence-corrected chi connectivity index (χ2v) is 8.62. The summed E-state index contributed by atoms with van der Waals surface area (Å²) in [4.78, 5) is 27.8. The molecule has 0 radical (unpaired) electrons. The second-order valence-electron chi connectivity index (χ2n) is 8.62. The lowest BCUT2D eigenvalue weighted by Crippen LogP contribution is -2.30. The Labute approximate surface area is 195 Å². The predicted octanol–water partition coefficient (Wildman–Crippen LogP) is 5.40. The molecule has 1 N–H and O–H groups in total. The number of carbonyl (C=O) groups is 2. The number of amides is 1. The zero-order valence-corrected chi connectivity index (χ0v) is 20.1. The van der Waals surface area contributed by atoms with Crippen molar-refractivity contribution in [1.29, 1.82) is 0 Å². The number of rotatable bonds is 9. The van der Waals surface area contributed by atoms with Gasteiger partial charge in [0.2, 0.25) is 0 Å². The smallest absolute Gasteiger partial charge is 0.295 e.